The van der Waals surface area contributed by atoms with Crippen LogP contribution >= 0.6 is 0 Å². The van der Waals surface area contributed by atoms with Crippen LogP contribution in [0.3, 0.4) is 0 Å². The molecular formula is C19H24O. The molecule has 0 saturated heterocycles. The summed E-state index contributed by atoms with van der Waals surface area (Å²) in [5.41, 5.74) is 3.99. The maximum atomic E-state index is 5.98. The molecule has 0 aromatic heterocycles. The molecule has 2 aromatic carbocycles. The van der Waals surface area contributed by atoms with Crippen LogP contribution in [0.15, 0.2) is 54.6 Å². The lowest BCUT2D eigenvalue weighted by atomic mass is 9.86. The minimum Gasteiger partial charge on any atom is -0.369 e. The predicted octanol–water partition coefficient (Wildman–Crippen LogP) is 5.26. The Kier molecular flexibility index (Phi) is 4.61. The van der Waals surface area contributed by atoms with Crippen molar-refractivity contribution in [1.82, 2.24) is 0 Å². The molecule has 0 fully saturated rings. The van der Waals surface area contributed by atoms with E-state index in [0.717, 1.165) is 0 Å². The first-order valence-corrected chi connectivity index (χ1v) is 7.23. The molecule has 0 aliphatic rings. The summed E-state index contributed by atoms with van der Waals surface area (Å²) in [6.45, 7) is 9.46. The van der Waals surface area contributed by atoms with Crippen molar-refractivity contribution in [3.63, 3.8) is 0 Å². The summed E-state index contributed by atoms with van der Waals surface area (Å²) >= 11 is 0. The van der Waals surface area contributed by atoms with E-state index in [1.54, 1.807) is 0 Å². The monoisotopic (exact) mass is 268 g/mol. The molecule has 1 atom stereocenters. The van der Waals surface area contributed by atoms with E-state index in [4.69, 9.17) is 4.74 Å². The van der Waals surface area contributed by atoms with Gasteiger partial charge in [-0.05, 0) is 29.0 Å². The Hall–Kier alpha value is -1.60. The molecule has 0 N–H and O–H groups in total. The molecule has 1 unspecified atom stereocenters. The second-order valence-electron chi connectivity index (χ2n) is 6.31. The van der Waals surface area contributed by atoms with Crippen LogP contribution in [-0.4, -0.2) is 0 Å². The van der Waals surface area contributed by atoms with Crippen molar-refractivity contribution in [3.8, 4) is 0 Å². The van der Waals surface area contributed by atoms with Gasteiger partial charge < -0.3 is 4.74 Å². The fourth-order valence-electron chi connectivity index (χ4n) is 2.17. The zero-order chi connectivity index (χ0) is 14.6. The van der Waals surface area contributed by atoms with E-state index in [2.05, 4.69) is 76.2 Å². The highest BCUT2D eigenvalue weighted by Gasteiger charge is 2.14. The van der Waals surface area contributed by atoms with Crippen LogP contribution in [0.5, 0.6) is 0 Å². The lowest BCUT2D eigenvalue weighted by Crippen LogP contribution is -2.11. The topological polar surface area (TPSA) is 9.23 Å². The van der Waals surface area contributed by atoms with Crippen LogP contribution in [0, 0.1) is 0 Å². The molecule has 0 aliphatic heterocycles. The Morgan fingerprint density at radius 2 is 1.65 bits per heavy atom. The molecule has 0 heterocycles. The summed E-state index contributed by atoms with van der Waals surface area (Å²) in [6, 6.07) is 19.0. The van der Waals surface area contributed by atoms with Gasteiger partial charge in [0.25, 0.3) is 0 Å². The molecule has 0 spiro atoms. The van der Waals surface area contributed by atoms with E-state index >= 15 is 0 Å². The van der Waals surface area contributed by atoms with Gasteiger partial charge in [0.2, 0.25) is 0 Å². The van der Waals surface area contributed by atoms with Crippen LogP contribution < -0.4 is 0 Å². The Labute approximate surface area is 122 Å². The fraction of sp³-hybridized carbons (Fsp3) is 0.368. The van der Waals surface area contributed by atoms with Crippen molar-refractivity contribution in [1.29, 1.82) is 0 Å². The lowest BCUT2D eigenvalue weighted by Gasteiger charge is -2.20. The standard InChI is InChI=1S/C19H24O/c1-15(17-10-6-5-7-11-17)20-14-16-9-8-12-18(13-16)19(2,3)4/h5-13,15H,14H2,1-4H3. The zero-order valence-electron chi connectivity index (χ0n) is 12.9. The minimum absolute atomic E-state index is 0.120. The highest BCUT2D eigenvalue weighted by atomic mass is 16.5. The average Bonchev–Trinajstić information content (AvgIpc) is 2.45. The molecule has 2 rings (SSSR count). The lowest BCUT2D eigenvalue weighted by molar-refractivity contribution is 0.0525. The summed E-state index contributed by atoms with van der Waals surface area (Å²) in [7, 11) is 0. The van der Waals surface area contributed by atoms with E-state index < -0.39 is 0 Å². The Morgan fingerprint density at radius 3 is 2.30 bits per heavy atom. The Balaban J connectivity index is 2.01. The van der Waals surface area contributed by atoms with Crippen LogP contribution in [0.4, 0.5) is 0 Å². The van der Waals surface area contributed by atoms with Gasteiger partial charge in [-0.15, -0.1) is 0 Å². The van der Waals surface area contributed by atoms with E-state index in [1.807, 2.05) is 6.07 Å². The molecule has 0 aliphatic carbocycles. The Morgan fingerprint density at radius 1 is 0.950 bits per heavy atom. The minimum atomic E-state index is 0.120. The van der Waals surface area contributed by atoms with Crippen LogP contribution in [-0.2, 0) is 16.8 Å². The smallest absolute Gasteiger partial charge is 0.0801 e. The summed E-state index contributed by atoms with van der Waals surface area (Å²) < 4.78 is 5.98. The molecular weight excluding hydrogens is 244 g/mol. The number of hydrogen-bond acceptors (Lipinski definition) is 1. The molecule has 20 heavy (non-hydrogen) atoms. The van der Waals surface area contributed by atoms with Gasteiger partial charge in [-0.2, -0.15) is 0 Å². The van der Waals surface area contributed by atoms with Gasteiger partial charge >= 0.3 is 0 Å². The first-order valence-electron chi connectivity index (χ1n) is 7.23. The van der Waals surface area contributed by atoms with Crippen molar-refractivity contribution in [3.05, 3.63) is 71.3 Å². The average molecular weight is 268 g/mol. The second kappa shape index (κ2) is 6.23. The number of hydrogen-bond donors (Lipinski definition) is 0. The second-order valence-corrected chi connectivity index (χ2v) is 6.31. The molecule has 1 heteroatoms. The van der Waals surface area contributed by atoms with Crippen molar-refractivity contribution >= 4 is 0 Å². The third-order valence-electron chi connectivity index (χ3n) is 3.56. The number of ether oxygens (including phenoxy) is 1. The first-order chi connectivity index (χ1) is 9.47. The van der Waals surface area contributed by atoms with Gasteiger partial charge in [0.1, 0.15) is 0 Å². The van der Waals surface area contributed by atoms with Gasteiger partial charge in [0, 0.05) is 0 Å². The van der Waals surface area contributed by atoms with Crippen LogP contribution in [0.1, 0.15) is 50.5 Å². The van der Waals surface area contributed by atoms with E-state index in [1.165, 1.54) is 16.7 Å². The Bertz CT molecular complexity index is 537. The highest BCUT2D eigenvalue weighted by Crippen LogP contribution is 2.24. The zero-order valence-corrected chi connectivity index (χ0v) is 12.9. The molecule has 0 bridgehead atoms. The van der Waals surface area contributed by atoms with Gasteiger partial charge in [-0.3, -0.25) is 0 Å². The predicted molar refractivity (Wildman–Crippen MR) is 84.8 cm³/mol. The van der Waals surface area contributed by atoms with Gasteiger partial charge in [-0.25, -0.2) is 0 Å². The SMILES string of the molecule is CC(OCc1cccc(C(C)(C)C)c1)c1ccccc1. The molecule has 1 nitrogen and oxygen atoms in total. The van der Waals surface area contributed by atoms with E-state index in [0.29, 0.717) is 6.61 Å². The number of rotatable bonds is 4. The number of benzene rings is 2. The quantitative estimate of drug-likeness (QED) is 0.734. The highest BCUT2D eigenvalue weighted by molar-refractivity contribution is 5.28. The van der Waals surface area contributed by atoms with Crippen molar-refractivity contribution in [2.45, 2.75) is 45.8 Å². The van der Waals surface area contributed by atoms with Crippen LogP contribution in [0.25, 0.3) is 0 Å². The molecule has 0 amide bonds. The maximum absolute atomic E-state index is 5.98. The van der Waals surface area contributed by atoms with Crippen molar-refractivity contribution in [2.24, 2.45) is 0 Å². The summed E-state index contributed by atoms with van der Waals surface area (Å²) in [5.74, 6) is 0. The molecule has 106 valence electrons. The summed E-state index contributed by atoms with van der Waals surface area (Å²) in [6.07, 6.45) is 0.120. The van der Waals surface area contributed by atoms with Gasteiger partial charge in [0.05, 0.1) is 12.7 Å². The van der Waals surface area contributed by atoms with E-state index in [-0.39, 0.29) is 11.5 Å². The molecule has 2 aromatic rings. The van der Waals surface area contributed by atoms with Crippen LogP contribution in [0.2, 0.25) is 0 Å². The third-order valence-corrected chi connectivity index (χ3v) is 3.56. The maximum Gasteiger partial charge on any atom is 0.0801 e. The summed E-state index contributed by atoms with van der Waals surface area (Å²) in [4.78, 5) is 0. The fourth-order valence-corrected chi connectivity index (χ4v) is 2.17. The first kappa shape index (κ1) is 14.8. The molecule has 0 saturated carbocycles. The largest absolute Gasteiger partial charge is 0.369 e. The van der Waals surface area contributed by atoms with Gasteiger partial charge in [0.15, 0.2) is 0 Å². The third kappa shape index (κ3) is 3.94. The normalized spacial score (nSPS) is 13.2. The van der Waals surface area contributed by atoms with E-state index in [9.17, 15) is 0 Å². The molecule has 0 radical (unpaired) electrons. The van der Waals surface area contributed by atoms with Crippen molar-refractivity contribution in [2.75, 3.05) is 0 Å². The van der Waals surface area contributed by atoms with Crippen molar-refractivity contribution < 1.29 is 4.74 Å². The van der Waals surface area contributed by atoms with Gasteiger partial charge in [-0.1, -0.05) is 75.4 Å². The summed E-state index contributed by atoms with van der Waals surface area (Å²) in [5, 5.41) is 0.